The molecule has 0 saturated heterocycles. The van der Waals surface area contributed by atoms with Gasteiger partial charge in [0.1, 0.15) is 11.4 Å². The van der Waals surface area contributed by atoms with E-state index in [0.29, 0.717) is 6.54 Å². The van der Waals surface area contributed by atoms with Crippen LogP contribution in [0, 0.1) is 0 Å². The van der Waals surface area contributed by atoms with Crippen LogP contribution in [0.15, 0.2) is 27.8 Å². The van der Waals surface area contributed by atoms with Crippen molar-refractivity contribution in [2.75, 3.05) is 31.3 Å². The Morgan fingerprint density at radius 3 is 2.03 bits per heavy atom. The molecule has 0 atom stereocenters. The minimum atomic E-state index is -0.575. The van der Waals surface area contributed by atoms with Gasteiger partial charge in [-0.3, -0.25) is 24.6 Å². The van der Waals surface area contributed by atoms with Crippen LogP contribution in [-0.4, -0.2) is 46.8 Å². The SMILES string of the molecule is CC.CCC.CCNc1c(Nc2cccc(C(=O)N(C)C)c2O)c(=O)[nH][nH]c1=O. The zero-order valence-corrected chi connectivity index (χ0v) is 18.3. The van der Waals surface area contributed by atoms with Gasteiger partial charge in [0, 0.05) is 20.6 Å². The standard InChI is InChI=1S/C15H19N5O4.C3H8.C2H6/c1-4-16-10-11(14(23)19-18-13(10)22)17-9-7-5-6-8(12(9)21)15(24)20(2)3;1-3-2;1-2/h5-7,21H,4H2,1-3H3,(H2,16,19,23)(H2,17,18,22);3H2,1-2H3;1-2H3. The average Bonchev–Trinajstić information content (AvgIpc) is 2.70. The second-order valence-corrected chi connectivity index (χ2v) is 5.92. The maximum atomic E-state index is 12.1. The number of anilines is 3. The summed E-state index contributed by atoms with van der Waals surface area (Å²) in [5.41, 5.74) is -0.877. The summed E-state index contributed by atoms with van der Waals surface area (Å²) in [5, 5.41) is 20.3. The summed E-state index contributed by atoms with van der Waals surface area (Å²) in [6.45, 7) is 10.4. The number of phenols is 1. The molecule has 1 aromatic carbocycles. The van der Waals surface area contributed by atoms with Gasteiger partial charge < -0.3 is 20.6 Å². The van der Waals surface area contributed by atoms with E-state index >= 15 is 0 Å². The van der Waals surface area contributed by atoms with Crippen LogP contribution in [-0.2, 0) is 0 Å². The second-order valence-electron chi connectivity index (χ2n) is 5.92. The molecule has 29 heavy (non-hydrogen) atoms. The van der Waals surface area contributed by atoms with E-state index in [-0.39, 0.29) is 34.3 Å². The van der Waals surface area contributed by atoms with E-state index in [9.17, 15) is 19.5 Å². The highest BCUT2D eigenvalue weighted by Crippen LogP contribution is 2.31. The van der Waals surface area contributed by atoms with Crippen LogP contribution >= 0.6 is 0 Å². The van der Waals surface area contributed by atoms with Gasteiger partial charge in [0.05, 0.1) is 11.3 Å². The van der Waals surface area contributed by atoms with Crippen LogP contribution in [0.3, 0.4) is 0 Å². The van der Waals surface area contributed by atoms with E-state index in [1.165, 1.54) is 23.5 Å². The number of H-pyrrole nitrogens is 2. The molecule has 0 spiro atoms. The number of phenolic OH excluding ortho intramolecular Hbond substituents is 1. The Morgan fingerprint density at radius 1 is 1.03 bits per heavy atom. The molecule has 1 amide bonds. The Morgan fingerprint density at radius 2 is 1.55 bits per heavy atom. The number of para-hydroxylation sites is 1. The van der Waals surface area contributed by atoms with E-state index in [1.54, 1.807) is 27.1 Å². The fourth-order valence-corrected chi connectivity index (χ4v) is 2.12. The molecule has 9 heteroatoms. The monoisotopic (exact) mass is 407 g/mol. The van der Waals surface area contributed by atoms with Crippen molar-refractivity contribution in [1.29, 1.82) is 0 Å². The molecule has 1 aromatic heterocycles. The molecule has 2 rings (SSSR count). The number of hydrogen-bond acceptors (Lipinski definition) is 6. The molecular weight excluding hydrogens is 374 g/mol. The topological polar surface area (TPSA) is 130 Å². The quantitative estimate of drug-likeness (QED) is 0.484. The molecule has 0 fully saturated rings. The Kier molecular flexibility index (Phi) is 11.6. The third-order valence-corrected chi connectivity index (χ3v) is 3.28. The summed E-state index contributed by atoms with van der Waals surface area (Å²) in [7, 11) is 3.12. The Hall–Kier alpha value is -3.23. The summed E-state index contributed by atoms with van der Waals surface area (Å²) in [5.74, 6) is -0.693. The first-order valence-electron chi connectivity index (χ1n) is 9.67. The second kappa shape index (κ2) is 13.0. The molecular formula is C20H33N5O4. The van der Waals surface area contributed by atoms with Crippen LogP contribution < -0.4 is 21.8 Å². The number of benzene rings is 1. The summed E-state index contributed by atoms with van der Waals surface area (Å²) < 4.78 is 0. The first kappa shape index (κ1) is 25.8. The van der Waals surface area contributed by atoms with Gasteiger partial charge in [-0.2, -0.15) is 0 Å². The van der Waals surface area contributed by atoms with E-state index in [1.807, 2.05) is 13.8 Å². The summed E-state index contributed by atoms with van der Waals surface area (Å²) in [6, 6.07) is 4.53. The van der Waals surface area contributed by atoms with Crippen molar-refractivity contribution < 1.29 is 9.90 Å². The average molecular weight is 408 g/mol. The van der Waals surface area contributed by atoms with Gasteiger partial charge in [-0.05, 0) is 19.1 Å². The highest BCUT2D eigenvalue weighted by atomic mass is 16.3. The number of amides is 1. The van der Waals surface area contributed by atoms with Crippen molar-refractivity contribution in [3.8, 4) is 5.75 Å². The Balaban J connectivity index is 0.00000143. The fourth-order valence-electron chi connectivity index (χ4n) is 2.12. The van der Waals surface area contributed by atoms with Crippen LogP contribution in [0.25, 0.3) is 0 Å². The molecule has 0 bridgehead atoms. The van der Waals surface area contributed by atoms with Crippen LogP contribution in [0.1, 0.15) is 51.4 Å². The smallest absolute Gasteiger partial charge is 0.288 e. The van der Waals surface area contributed by atoms with E-state index in [0.717, 1.165) is 0 Å². The van der Waals surface area contributed by atoms with E-state index < -0.39 is 11.1 Å². The van der Waals surface area contributed by atoms with Gasteiger partial charge in [0.2, 0.25) is 0 Å². The minimum Gasteiger partial charge on any atom is -0.505 e. The van der Waals surface area contributed by atoms with Crippen LogP contribution in [0.5, 0.6) is 5.75 Å². The minimum absolute atomic E-state index is 0.0463. The summed E-state index contributed by atoms with van der Waals surface area (Å²) in [4.78, 5) is 37.3. The lowest BCUT2D eigenvalue weighted by Crippen LogP contribution is -2.26. The number of nitrogens with zero attached hydrogens (tertiary/aromatic N) is 1. The number of nitrogens with one attached hydrogen (secondary N) is 4. The van der Waals surface area contributed by atoms with Gasteiger partial charge in [-0.1, -0.05) is 40.2 Å². The predicted octanol–water partition coefficient (Wildman–Crippen LogP) is 3.09. The maximum absolute atomic E-state index is 12.1. The molecule has 5 N–H and O–H groups in total. The lowest BCUT2D eigenvalue weighted by atomic mass is 10.1. The molecule has 0 radical (unpaired) electrons. The largest absolute Gasteiger partial charge is 0.505 e. The highest BCUT2D eigenvalue weighted by Gasteiger charge is 2.18. The van der Waals surface area contributed by atoms with Gasteiger partial charge in [-0.15, -0.1) is 0 Å². The van der Waals surface area contributed by atoms with Crippen molar-refractivity contribution in [1.82, 2.24) is 15.1 Å². The molecule has 0 saturated carbocycles. The van der Waals surface area contributed by atoms with Crippen molar-refractivity contribution in [2.24, 2.45) is 0 Å². The number of carbonyl (C=O) groups is 1. The Bertz CT molecular complexity index is 887. The normalized spacial score (nSPS) is 9.34. The summed E-state index contributed by atoms with van der Waals surface area (Å²) >= 11 is 0. The zero-order valence-electron chi connectivity index (χ0n) is 18.3. The third-order valence-electron chi connectivity index (χ3n) is 3.28. The molecule has 2 aromatic rings. The lowest BCUT2D eigenvalue weighted by molar-refractivity contribution is 0.0824. The summed E-state index contributed by atoms with van der Waals surface area (Å²) in [6.07, 6.45) is 1.25. The number of aromatic hydroxyl groups is 1. The van der Waals surface area contributed by atoms with Gasteiger partial charge >= 0.3 is 0 Å². The van der Waals surface area contributed by atoms with Crippen LogP contribution in [0.2, 0.25) is 0 Å². The van der Waals surface area contributed by atoms with Crippen LogP contribution in [0.4, 0.5) is 17.1 Å². The first-order valence-corrected chi connectivity index (χ1v) is 9.67. The molecule has 0 aliphatic carbocycles. The number of aromatic nitrogens is 2. The number of aromatic amines is 2. The number of hydrogen-bond donors (Lipinski definition) is 5. The molecule has 0 aliphatic rings. The van der Waals surface area contributed by atoms with Crippen molar-refractivity contribution in [3.05, 3.63) is 44.5 Å². The van der Waals surface area contributed by atoms with Crippen molar-refractivity contribution in [3.63, 3.8) is 0 Å². The molecule has 0 unspecified atom stereocenters. The van der Waals surface area contributed by atoms with Gasteiger partial charge in [0.15, 0.2) is 5.75 Å². The van der Waals surface area contributed by atoms with Gasteiger partial charge in [0.25, 0.3) is 17.0 Å². The third kappa shape index (κ3) is 7.02. The van der Waals surface area contributed by atoms with E-state index in [4.69, 9.17) is 0 Å². The number of rotatable bonds is 5. The van der Waals surface area contributed by atoms with Gasteiger partial charge in [-0.25, -0.2) is 0 Å². The molecule has 1 heterocycles. The first-order chi connectivity index (χ1) is 13.8. The van der Waals surface area contributed by atoms with Crippen molar-refractivity contribution in [2.45, 2.75) is 41.0 Å². The predicted molar refractivity (Wildman–Crippen MR) is 119 cm³/mol. The Labute approximate surface area is 171 Å². The molecule has 162 valence electrons. The highest BCUT2D eigenvalue weighted by molar-refractivity contribution is 5.98. The molecule has 9 nitrogen and oxygen atoms in total. The lowest BCUT2D eigenvalue weighted by Gasteiger charge is -2.15. The zero-order chi connectivity index (χ0) is 22.6. The maximum Gasteiger partial charge on any atom is 0.288 e. The van der Waals surface area contributed by atoms with E-state index in [2.05, 4.69) is 34.7 Å². The van der Waals surface area contributed by atoms with Crippen molar-refractivity contribution >= 4 is 23.0 Å². The number of carbonyl (C=O) groups excluding carboxylic acids is 1. The fraction of sp³-hybridized carbons (Fsp3) is 0.450. The molecule has 0 aliphatic heterocycles.